The van der Waals surface area contributed by atoms with Gasteiger partial charge in [0.05, 0.1) is 4.90 Å². The van der Waals surface area contributed by atoms with Crippen LogP contribution in [0.5, 0.6) is 0 Å². The first-order valence-corrected chi connectivity index (χ1v) is 9.87. The molecule has 0 unspecified atom stereocenters. The fourth-order valence-electron chi connectivity index (χ4n) is 2.43. The average Bonchev–Trinajstić information content (AvgIpc) is 2.53. The lowest BCUT2D eigenvalue weighted by Gasteiger charge is -2.11. The largest absolute Gasteiger partial charge is 0.356 e. The maximum absolute atomic E-state index is 11.7. The first-order chi connectivity index (χ1) is 11.6. The maximum atomic E-state index is 11.7. The molecule has 0 radical (unpaired) electrons. The minimum atomic E-state index is -4.71. The van der Waals surface area contributed by atoms with Crippen LogP contribution in [0.25, 0.3) is 10.8 Å². The van der Waals surface area contributed by atoms with Crippen LogP contribution < -0.4 is 5.32 Å². The first-order valence-electron chi connectivity index (χ1n) is 6.99. The van der Waals surface area contributed by atoms with Gasteiger partial charge in [0.1, 0.15) is 4.90 Å². The molecule has 25 heavy (non-hydrogen) atoms. The van der Waals surface area contributed by atoms with Gasteiger partial charge >= 0.3 is 0 Å². The summed E-state index contributed by atoms with van der Waals surface area (Å²) >= 11 is 0. The second-order valence-electron chi connectivity index (χ2n) is 5.30. The summed E-state index contributed by atoms with van der Waals surface area (Å²) in [5, 5.41) is 3.43. The fraction of sp³-hybridized carbons (Fsp3) is 0. The van der Waals surface area contributed by atoms with Gasteiger partial charge in [-0.15, -0.1) is 0 Å². The van der Waals surface area contributed by atoms with Gasteiger partial charge in [-0.3, -0.25) is 9.11 Å². The number of hydrogen-bond acceptors (Lipinski definition) is 5. The van der Waals surface area contributed by atoms with Crippen molar-refractivity contribution in [2.24, 2.45) is 0 Å². The molecule has 3 N–H and O–H groups in total. The molecule has 0 aliphatic rings. The predicted molar refractivity (Wildman–Crippen MR) is 93.3 cm³/mol. The van der Waals surface area contributed by atoms with Crippen molar-refractivity contribution in [1.29, 1.82) is 0 Å². The molecular formula is C16H13NO6S2. The van der Waals surface area contributed by atoms with Crippen molar-refractivity contribution < 1.29 is 25.9 Å². The minimum Gasteiger partial charge on any atom is -0.356 e. The van der Waals surface area contributed by atoms with E-state index in [4.69, 9.17) is 0 Å². The highest BCUT2D eigenvalue weighted by molar-refractivity contribution is 7.86. The number of nitrogens with one attached hydrogen (secondary N) is 1. The van der Waals surface area contributed by atoms with Crippen molar-refractivity contribution >= 4 is 42.4 Å². The molecule has 0 fully saturated rings. The van der Waals surface area contributed by atoms with E-state index in [-0.39, 0.29) is 10.8 Å². The Balaban J connectivity index is 2.22. The molecule has 0 atom stereocenters. The van der Waals surface area contributed by atoms with Crippen molar-refractivity contribution in [2.45, 2.75) is 9.79 Å². The van der Waals surface area contributed by atoms with Crippen molar-refractivity contribution in [3.8, 4) is 0 Å². The molecule has 3 rings (SSSR count). The second-order valence-corrected chi connectivity index (χ2v) is 8.11. The van der Waals surface area contributed by atoms with Crippen LogP contribution in [0, 0.1) is 0 Å². The van der Waals surface area contributed by atoms with Crippen LogP contribution in [0.3, 0.4) is 0 Å². The molecule has 0 aromatic heterocycles. The molecule has 0 aliphatic carbocycles. The average molecular weight is 379 g/mol. The summed E-state index contributed by atoms with van der Waals surface area (Å²) < 4.78 is 64.6. The smallest absolute Gasteiger partial charge is 0.295 e. The van der Waals surface area contributed by atoms with Gasteiger partial charge in [-0.2, -0.15) is 16.8 Å². The number of benzene rings is 3. The third kappa shape index (κ3) is 3.80. The number of hydrogen-bond donors (Lipinski definition) is 3. The van der Waals surface area contributed by atoms with Gasteiger partial charge in [0.25, 0.3) is 20.2 Å². The van der Waals surface area contributed by atoms with Gasteiger partial charge in [-0.25, -0.2) is 0 Å². The summed E-state index contributed by atoms with van der Waals surface area (Å²) in [4.78, 5) is -1.22. The summed E-state index contributed by atoms with van der Waals surface area (Å²) in [6.07, 6.45) is 0. The molecule has 3 aromatic rings. The topological polar surface area (TPSA) is 121 Å². The molecule has 3 aromatic carbocycles. The van der Waals surface area contributed by atoms with Crippen LogP contribution in [0.15, 0.2) is 70.5 Å². The third-order valence-electron chi connectivity index (χ3n) is 3.53. The Morgan fingerprint density at radius 3 is 2.00 bits per heavy atom. The molecule has 0 saturated carbocycles. The van der Waals surface area contributed by atoms with E-state index in [0.29, 0.717) is 5.69 Å². The molecule has 0 amide bonds. The van der Waals surface area contributed by atoms with Crippen molar-refractivity contribution in [2.75, 3.05) is 5.32 Å². The minimum absolute atomic E-state index is 0.121. The lowest BCUT2D eigenvalue weighted by Crippen LogP contribution is -2.04. The van der Waals surface area contributed by atoms with Crippen LogP contribution in [0.4, 0.5) is 11.4 Å². The lowest BCUT2D eigenvalue weighted by molar-refractivity contribution is 0.482. The van der Waals surface area contributed by atoms with E-state index in [1.54, 1.807) is 6.07 Å². The van der Waals surface area contributed by atoms with Gasteiger partial charge in [0, 0.05) is 16.8 Å². The number of fused-ring (bicyclic) bond motifs is 1. The van der Waals surface area contributed by atoms with Gasteiger partial charge in [0.15, 0.2) is 0 Å². The van der Waals surface area contributed by atoms with Crippen molar-refractivity contribution in [3.63, 3.8) is 0 Å². The Labute approximate surface area is 144 Å². The zero-order valence-electron chi connectivity index (χ0n) is 12.6. The van der Waals surface area contributed by atoms with E-state index in [0.717, 1.165) is 17.8 Å². The van der Waals surface area contributed by atoms with Gasteiger partial charge in [0.2, 0.25) is 0 Å². The summed E-state index contributed by atoms with van der Waals surface area (Å²) in [5.74, 6) is 0. The SMILES string of the molecule is O=S(=O)(O)c1cc(S(=O)(=O)O)c2cc(Nc3ccccc3)ccc2c1. The van der Waals surface area contributed by atoms with Crippen molar-refractivity contribution in [1.82, 2.24) is 0 Å². The normalized spacial score (nSPS) is 12.2. The van der Waals surface area contributed by atoms with Crippen LogP contribution in [-0.2, 0) is 20.2 Å². The van der Waals surface area contributed by atoms with Crippen LogP contribution in [0.2, 0.25) is 0 Å². The van der Waals surface area contributed by atoms with E-state index in [1.807, 2.05) is 30.3 Å². The standard InChI is InChI=1S/C16H13NO6S2/c18-24(19,20)14-8-11-6-7-13(17-12-4-2-1-3-5-12)9-15(11)16(10-14)25(21,22)23/h1-10,17H,(H,18,19,20)(H,21,22,23). The monoisotopic (exact) mass is 379 g/mol. The summed E-state index contributed by atoms with van der Waals surface area (Å²) in [6.45, 7) is 0. The third-order valence-corrected chi connectivity index (χ3v) is 5.25. The fourth-order valence-corrected chi connectivity index (χ4v) is 3.77. The Bertz CT molecular complexity index is 1160. The van der Waals surface area contributed by atoms with Crippen LogP contribution in [0.1, 0.15) is 0 Å². The zero-order chi connectivity index (χ0) is 18.2. The molecule has 0 aliphatic heterocycles. The Morgan fingerprint density at radius 1 is 0.720 bits per heavy atom. The highest BCUT2D eigenvalue weighted by Crippen LogP contribution is 2.30. The number of anilines is 2. The van der Waals surface area contributed by atoms with E-state index < -0.39 is 30.0 Å². The zero-order valence-corrected chi connectivity index (χ0v) is 14.3. The van der Waals surface area contributed by atoms with Crippen molar-refractivity contribution in [3.05, 3.63) is 60.7 Å². The highest BCUT2D eigenvalue weighted by atomic mass is 32.2. The van der Waals surface area contributed by atoms with E-state index in [9.17, 15) is 25.9 Å². The Kier molecular flexibility index (Phi) is 4.25. The van der Waals surface area contributed by atoms with E-state index in [2.05, 4.69) is 5.32 Å². The van der Waals surface area contributed by atoms with Gasteiger partial charge < -0.3 is 5.32 Å². The van der Waals surface area contributed by atoms with Crippen LogP contribution >= 0.6 is 0 Å². The van der Waals surface area contributed by atoms with E-state index >= 15 is 0 Å². The molecule has 0 spiro atoms. The first kappa shape index (κ1) is 17.4. The summed E-state index contributed by atoms with van der Waals surface area (Å²) in [7, 11) is -9.33. The van der Waals surface area contributed by atoms with E-state index in [1.165, 1.54) is 12.1 Å². The Hall–Kier alpha value is -2.46. The highest BCUT2D eigenvalue weighted by Gasteiger charge is 2.20. The molecule has 0 heterocycles. The number of para-hydroxylation sites is 1. The predicted octanol–water partition coefficient (Wildman–Crippen LogP) is 3.08. The number of rotatable bonds is 4. The molecule has 130 valence electrons. The molecule has 0 saturated heterocycles. The van der Waals surface area contributed by atoms with Crippen LogP contribution in [-0.4, -0.2) is 25.9 Å². The summed E-state index contributed by atoms with van der Waals surface area (Å²) in [5.41, 5.74) is 1.31. The van der Waals surface area contributed by atoms with Gasteiger partial charge in [-0.05, 0) is 41.8 Å². The Morgan fingerprint density at radius 2 is 1.40 bits per heavy atom. The second kappa shape index (κ2) is 6.12. The molecule has 0 bridgehead atoms. The molecule has 7 nitrogen and oxygen atoms in total. The lowest BCUT2D eigenvalue weighted by atomic mass is 10.1. The van der Waals surface area contributed by atoms with Gasteiger partial charge in [-0.1, -0.05) is 24.3 Å². The summed E-state index contributed by atoms with van der Waals surface area (Å²) in [6, 6.07) is 15.6. The molecule has 9 heteroatoms. The quantitative estimate of drug-likeness (QED) is 0.596. The molecular weight excluding hydrogens is 366 g/mol. The maximum Gasteiger partial charge on any atom is 0.295 e.